The molecular weight excluding hydrogens is 264 g/mol. The van der Waals surface area contributed by atoms with E-state index in [-0.39, 0.29) is 6.29 Å². The van der Waals surface area contributed by atoms with Crippen LogP contribution in [0.15, 0.2) is 54.6 Å². The first-order valence-electron chi connectivity index (χ1n) is 7.34. The van der Waals surface area contributed by atoms with Gasteiger partial charge in [-0.05, 0) is 23.6 Å². The summed E-state index contributed by atoms with van der Waals surface area (Å²) in [5, 5.41) is 0. The maximum Gasteiger partial charge on any atom is 0.200 e. The Balaban J connectivity index is 1.58. The Labute approximate surface area is 125 Å². The Morgan fingerprint density at radius 3 is 2.62 bits per heavy atom. The molecule has 0 aliphatic carbocycles. The summed E-state index contributed by atoms with van der Waals surface area (Å²) in [6.07, 6.45) is 0.805. The molecule has 0 saturated carbocycles. The SMILES string of the molecule is C[C@H]1COC(Oc2cccc(OCc3ccccc3)c2)C1. The van der Waals surface area contributed by atoms with Gasteiger partial charge in [0.05, 0.1) is 6.61 Å². The van der Waals surface area contributed by atoms with Crippen LogP contribution in [0.25, 0.3) is 0 Å². The highest BCUT2D eigenvalue weighted by atomic mass is 16.7. The molecule has 0 amide bonds. The standard InChI is InChI=1S/C18H20O3/c1-14-10-18(20-12-14)21-17-9-5-8-16(11-17)19-13-15-6-3-2-4-7-15/h2-9,11,14,18H,10,12-13H2,1H3/t14-,18?/m1/s1. The molecule has 0 bridgehead atoms. The molecule has 2 aromatic rings. The molecule has 21 heavy (non-hydrogen) atoms. The molecule has 3 nitrogen and oxygen atoms in total. The molecule has 3 heteroatoms. The van der Waals surface area contributed by atoms with E-state index in [1.807, 2.05) is 54.6 Å². The molecular formula is C18H20O3. The van der Waals surface area contributed by atoms with E-state index in [4.69, 9.17) is 14.2 Å². The third kappa shape index (κ3) is 3.99. The molecule has 1 aliphatic rings. The summed E-state index contributed by atoms with van der Waals surface area (Å²) in [6.45, 7) is 3.50. The second kappa shape index (κ2) is 6.64. The minimum Gasteiger partial charge on any atom is -0.489 e. The minimum absolute atomic E-state index is 0.135. The third-order valence-corrected chi connectivity index (χ3v) is 3.48. The largest absolute Gasteiger partial charge is 0.489 e. The van der Waals surface area contributed by atoms with Crippen LogP contribution in [0.1, 0.15) is 18.9 Å². The van der Waals surface area contributed by atoms with Crippen molar-refractivity contribution in [3.8, 4) is 11.5 Å². The molecule has 0 radical (unpaired) electrons. The number of hydrogen-bond acceptors (Lipinski definition) is 3. The quantitative estimate of drug-likeness (QED) is 0.829. The summed E-state index contributed by atoms with van der Waals surface area (Å²) >= 11 is 0. The first kappa shape index (κ1) is 14.0. The van der Waals surface area contributed by atoms with Gasteiger partial charge in [0.15, 0.2) is 6.29 Å². The average Bonchev–Trinajstić information content (AvgIpc) is 2.92. The predicted molar refractivity (Wildman–Crippen MR) is 81.4 cm³/mol. The van der Waals surface area contributed by atoms with Gasteiger partial charge in [-0.3, -0.25) is 0 Å². The molecule has 1 aliphatic heterocycles. The van der Waals surface area contributed by atoms with Gasteiger partial charge in [-0.1, -0.05) is 43.3 Å². The summed E-state index contributed by atoms with van der Waals surface area (Å²) in [6, 6.07) is 17.8. The van der Waals surface area contributed by atoms with Crippen LogP contribution < -0.4 is 9.47 Å². The smallest absolute Gasteiger partial charge is 0.200 e. The van der Waals surface area contributed by atoms with E-state index in [1.165, 1.54) is 0 Å². The van der Waals surface area contributed by atoms with Gasteiger partial charge in [0.1, 0.15) is 18.1 Å². The van der Waals surface area contributed by atoms with Crippen LogP contribution in [-0.2, 0) is 11.3 Å². The van der Waals surface area contributed by atoms with Gasteiger partial charge in [0, 0.05) is 12.5 Å². The molecule has 110 valence electrons. The number of benzene rings is 2. The van der Waals surface area contributed by atoms with E-state index in [9.17, 15) is 0 Å². The zero-order valence-corrected chi connectivity index (χ0v) is 12.2. The highest BCUT2D eigenvalue weighted by Crippen LogP contribution is 2.25. The summed E-state index contributed by atoms with van der Waals surface area (Å²) in [4.78, 5) is 0. The van der Waals surface area contributed by atoms with Gasteiger partial charge in [0.25, 0.3) is 0 Å². The fourth-order valence-corrected chi connectivity index (χ4v) is 2.35. The molecule has 0 spiro atoms. The maximum atomic E-state index is 5.84. The van der Waals surface area contributed by atoms with Crippen LogP contribution in [0.2, 0.25) is 0 Å². The topological polar surface area (TPSA) is 27.7 Å². The molecule has 1 heterocycles. The lowest BCUT2D eigenvalue weighted by atomic mass is 10.1. The Morgan fingerprint density at radius 2 is 1.86 bits per heavy atom. The highest BCUT2D eigenvalue weighted by Gasteiger charge is 2.23. The van der Waals surface area contributed by atoms with Crippen molar-refractivity contribution in [1.29, 1.82) is 0 Å². The average molecular weight is 284 g/mol. The van der Waals surface area contributed by atoms with Gasteiger partial charge in [-0.2, -0.15) is 0 Å². The van der Waals surface area contributed by atoms with Crippen molar-refractivity contribution in [3.05, 3.63) is 60.2 Å². The van der Waals surface area contributed by atoms with Crippen LogP contribution in [0, 0.1) is 5.92 Å². The normalized spacial score (nSPS) is 21.2. The number of ether oxygens (including phenoxy) is 3. The van der Waals surface area contributed by atoms with Crippen molar-refractivity contribution < 1.29 is 14.2 Å². The molecule has 2 aromatic carbocycles. The van der Waals surface area contributed by atoms with Gasteiger partial charge in [-0.25, -0.2) is 0 Å². The van der Waals surface area contributed by atoms with E-state index < -0.39 is 0 Å². The Kier molecular flexibility index (Phi) is 4.41. The van der Waals surface area contributed by atoms with Gasteiger partial charge >= 0.3 is 0 Å². The first-order valence-corrected chi connectivity index (χ1v) is 7.34. The Hall–Kier alpha value is -2.00. The minimum atomic E-state index is -0.135. The van der Waals surface area contributed by atoms with Crippen molar-refractivity contribution >= 4 is 0 Å². The van der Waals surface area contributed by atoms with Crippen LogP contribution in [0.4, 0.5) is 0 Å². The molecule has 0 aromatic heterocycles. The Morgan fingerprint density at radius 1 is 1.05 bits per heavy atom. The van der Waals surface area contributed by atoms with Gasteiger partial charge < -0.3 is 14.2 Å². The van der Waals surface area contributed by atoms with Crippen molar-refractivity contribution in [2.45, 2.75) is 26.2 Å². The van der Waals surface area contributed by atoms with Crippen molar-refractivity contribution in [3.63, 3.8) is 0 Å². The summed E-state index contributed by atoms with van der Waals surface area (Å²) in [7, 11) is 0. The molecule has 1 fully saturated rings. The van der Waals surface area contributed by atoms with Gasteiger partial charge in [-0.15, -0.1) is 0 Å². The summed E-state index contributed by atoms with van der Waals surface area (Å²) in [5.74, 6) is 2.16. The second-order valence-electron chi connectivity index (χ2n) is 5.47. The maximum absolute atomic E-state index is 5.84. The van der Waals surface area contributed by atoms with E-state index in [2.05, 4.69) is 6.92 Å². The van der Waals surface area contributed by atoms with Crippen LogP contribution >= 0.6 is 0 Å². The van der Waals surface area contributed by atoms with E-state index in [1.54, 1.807) is 0 Å². The van der Waals surface area contributed by atoms with Crippen LogP contribution in [0.3, 0.4) is 0 Å². The first-order chi connectivity index (χ1) is 10.3. The van der Waals surface area contributed by atoms with E-state index in [0.717, 1.165) is 30.1 Å². The number of rotatable bonds is 5. The molecule has 3 rings (SSSR count). The third-order valence-electron chi connectivity index (χ3n) is 3.48. The number of hydrogen-bond donors (Lipinski definition) is 0. The molecule has 2 atom stereocenters. The lowest BCUT2D eigenvalue weighted by Gasteiger charge is -2.14. The predicted octanol–water partition coefficient (Wildman–Crippen LogP) is 4.03. The highest BCUT2D eigenvalue weighted by molar-refractivity contribution is 5.33. The monoisotopic (exact) mass is 284 g/mol. The van der Waals surface area contributed by atoms with Crippen molar-refractivity contribution in [2.24, 2.45) is 5.92 Å². The molecule has 1 saturated heterocycles. The second-order valence-corrected chi connectivity index (χ2v) is 5.47. The lowest BCUT2D eigenvalue weighted by Crippen LogP contribution is -2.14. The van der Waals surface area contributed by atoms with E-state index >= 15 is 0 Å². The van der Waals surface area contributed by atoms with E-state index in [0.29, 0.717) is 12.5 Å². The lowest BCUT2D eigenvalue weighted by molar-refractivity contribution is -0.0394. The zero-order chi connectivity index (χ0) is 14.5. The molecule has 0 N–H and O–H groups in total. The van der Waals surface area contributed by atoms with Crippen molar-refractivity contribution in [1.82, 2.24) is 0 Å². The summed E-state index contributed by atoms with van der Waals surface area (Å²) < 4.78 is 17.2. The van der Waals surface area contributed by atoms with Crippen LogP contribution in [-0.4, -0.2) is 12.9 Å². The fourth-order valence-electron chi connectivity index (χ4n) is 2.35. The fraction of sp³-hybridized carbons (Fsp3) is 0.333. The Bertz CT molecular complexity index is 568. The van der Waals surface area contributed by atoms with Gasteiger partial charge in [0.2, 0.25) is 0 Å². The van der Waals surface area contributed by atoms with Crippen molar-refractivity contribution in [2.75, 3.05) is 6.61 Å². The van der Waals surface area contributed by atoms with Crippen LogP contribution in [0.5, 0.6) is 11.5 Å². The molecule has 1 unspecified atom stereocenters. The summed E-state index contributed by atoms with van der Waals surface area (Å²) in [5.41, 5.74) is 1.15. The zero-order valence-electron chi connectivity index (χ0n) is 12.2.